The van der Waals surface area contributed by atoms with Gasteiger partial charge in [-0.15, -0.1) is 0 Å². The van der Waals surface area contributed by atoms with Crippen molar-refractivity contribution in [3.63, 3.8) is 0 Å². The third kappa shape index (κ3) is 5.29. The highest BCUT2D eigenvalue weighted by Gasteiger charge is 2.20. The van der Waals surface area contributed by atoms with E-state index in [0.29, 0.717) is 30.4 Å². The van der Waals surface area contributed by atoms with E-state index in [1.165, 1.54) is 10.7 Å². The summed E-state index contributed by atoms with van der Waals surface area (Å²) in [6, 6.07) is 16.9. The molecule has 37 heavy (non-hydrogen) atoms. The highest BCUT2D eigenvalue weighted by molar-refractivity contribution is 5.75. The van der Waals surface area contributed by atoms with Crippen molar-refractivity contribution >= 4 is 17.0 Å². The standard InChI is InChI=1S/C29H30N6O2/c1-3-5-7-11-22(10-4-2)25-20-26-30-27(21-28(34(26)32-25)33-16-18-37-19-17-33)35-29(36)15-14-24(31-35)23-12-8-6-9-13-23/h4-15,20-21H,3,16-19H2,1-2H3/b7-5+,10-4-,22-11+. The van der Waals surface area contributed by atoms with E-state index in [-0.39, 0.29) is 5.56 Å². The van der Waals surface area contributed by atoms with Crippen molar-refractivity contribution < 1.29 is 4.74 Å². The molecule has 0 N–H and O–H groups in total. The molecule has 8 heteroatoms. The molecule has 0 radical (unpaired) electrons. The Labute approximate surface area is 215 Å². The second-order valence-corrected chi connectivity index (χ2v) is 8.66. The molecule has 1 saturated heterocycles. The monoisotopic (exact) mass is 494 g/mol. The molecule has 0 unspecified atom stereocenters. The van der Waals surface area contributed by atoms with Crippen LogP contribution in [0.4, 0.5) is 5.82 Å². The van der Waals surface area contributed by atoms with Crippen LogP contribution in [-0.4, -0.2) is 50.7 Å². The molecule has 0 amide bonds. The summed E-state index contributed by atoms with van der Waals surface area (Å²) in [5.74, 6) is 1.29. The van der Waals surface area contributed by atoms with Gasteiger partial charge in [-0.2, -0.15) is 19.4 Å². The molecular weight excluding hydrogens is 464 g/mol. The summed E-state index contributed by atoms with van der Waals surface area (Å²) in [6.45, 7) is 6.78. The van der Waals surface area contributed by atoms with E-state index >= 15 is 0 Å². The zero-order valence-corrected chi connectivity index (χ0v) is 21.1. The summed E-state index contributed by atoms with van der Waals surface area (Å²) in [5, 5.41) is 9.58. The van der Waals surface area contributed by atoms with E-state index in [1.807, 2.05) is 72.1 Å². The lowest BCUT2D eigenvalue weighted by molar-refractivity contribution is 0.122. The minimum Gasteiger partial charge on any atom is -0.378 e. The fourth-order valence-electron chi connectivity index (χ4n) is 4.26. The summed E-state index contributed by atoms with van der Waals surface area (Å²) < 4.78 is 8.79. The molecule has 0 aliphatic carbocycles. The van der Waals surface area contributed by atoms with E-state index in [1.54, 1.807) is 6.07 Å². The van der Waals surface area contributed by atoms with E-state index in [4.69, 9.17) is 14.8 Å². The predicted octanol–water partition coefficient (Wildman–Crippen LogP) is 4.70. The molecular formula is C29H30N6O2. The normalized spacial score (nSPS) is 14.9. The number of rotatable bonds is 7. The Kier molecular flexibility index (Phi) is 7.37. The molecule has 0 bridgehead atoms. The average molecular weight is 495 g/mol. The van der Waals surface area contributed by atoms with Crippen molar-refractivity contribution in [3.05, 3.63) is 101 Å². The summed E-state index contributed by atoms with van der Waals surface area (Å²) in [4.78, 5) is 20.0. The number of fused-ring (bicyclic) bond motifs is 1. The Morgan fingerprint density at radius 3 is 2.62 bits per heavy atom. The Balaban J connectivity index is 1.68. The highest BCUT2D eigenvalue weighted by Crippen LogP contribution is 2.24. The number of nitrogens with zero attached hydrogens (tertiary/aromatic N) is 6. The van der Waals surface area contributed by atoms with Gasteiger partial charge in [-0.25, -0.2) is 4.98 Å². The highest BCUT2D eigenvalue weighted by atomic mass is 16.5. The van der Waals surface area contributed by atoms with Crippen LogP contribution in [0.3, 0.4) is 0 Å². The second kappa shape index (κ2) is 11.2. The summed E-state index contributed by atoms with van der Waals surface area (Å²) in [5.41, 5.74) is 3.81. The quantitative estimate of drug-likeness (QED) is 0.347. The Hall–Kier alpha value is -4.30. The smallest absolute Gasteiger partial charge is 0.272 e. The molecule has 5 rings (SSSR count). The summed E-state index contributed by atoms with van der Waals surface area (Å²) >= 11 is 0. The molecule has 0 saturated carbocycles. The summed E-state index contributed by atoms with van der Waals surface area (Å²) in [6.07, 6.45) is 11.2. The predicted molar refractivity (Wildman–Crippen MR) is 147 cm³/mol. The van der Waals surface area contributed by atoms with E-state index < -0.39 is 0 Å². The lowest BCUT2D eigenvalue weighted by Crippen LogP contribution is -2.37. The first-order valence-corrected chi connectivity index (χ1v) is 12.6. The van der Waals surface area contributed by atoms with Gasteiger partial charge in [0.1, 0.15) is 5.82 Å². The molecule has 4 aromatic rings. The van der Waals surface area contributed by atoms with Gasteiger partial charge in [0.25, 0.3) is 5.56 Å². The molecule has 188 valence electrons. The Bertz CT molecular complexity index is 1530. The van der Waals surface area contributed by atoms with Crippen LogP contribution in [0.2, 0.25) is 0 Å². The minimum atomic E-state index is -0.247. The molecule has 3 aromatic heterocycles. The third-order valence-corrected chi connectivity index (χ3v) is 6.11. The molecule has 0 atom stereocenters. The van der Waals surface area contributed by atoms with Gasteiger partial charge in [-0.05, 0) is 19.4 Å². The van der Waals surface area contributed by atoms with Crippen LogP contribution in [0, 0.1) is 0 Å². The topological polar surface area (TPSA) is 77.5 Å². The van der Waals surface area contributed by atoms with Crippen LogP contribution in [-0.2, 0) is 4.74 Å². The van der Waals surface area contributed by atoms with Gasteiger partial charge in [-0.1, -0.05) is 67.6 Å². The number of benzene rings is 1. The van der Waals surface area contributed by atoms with E-state index in [0.717, 1.165) is 42.2 Å². The molecule has 1 aliphatic heterocycles. The molecule has 1 aliphatic rings. The van der Waals surface area contributed by atoms with Crippen LogP contribution in [0.25, 0.3) is 28.3 Å². The van der Waals surface area contributed by atoms with Crippen molar-refractivity contribution in [1.29, 1.82) is 0 Å². The fourth-order valence-corrected chi connectivity index (χ4v) is 4.26. The Morgan fingerprint density at radius 2 is 1.86 bits per heavy atom. The molecule has 1 aromatic carbocycles. The van der Waals surface area contributed by atoms with Gasteiger partial charge < -0.3 is 9.64 Å². The zero-order valence-electron chi connectivity index (χ0n) is 21.1. The van der Waals surface area contributed by atoms with Gasteiger partial charge >= 0.3 is 0 Å². The number of anilines is 1. The Morgan fingerprint density at radius 1 is 1.05 bits per heavy atom. The van der Waals surface area contributed by atoms with Gasteiger partial charge in [-0.3, -0.25) is 4.79 Å². The first kappa shape index (κ1) is 24.4. The lowest BCUT2D eigenvalue weighted by Gasteiger charge is -2.29. The fraction of sp³-hybridized carbons (Fsp3) is 0.241. The van der Waals surface area contributed by atoms with Crippen LogP contribution in [0.5, 0.6) is 0 Å². The minimum absolute atomic E-state index is 0.247. The largest absolute Gasteiger partial charge is 0.378 e. The molecule has 0 spiro atoms. The van der Waals surface area contributed by atoms with Crippen LogP contribution in [0.15, 0.2) is 89.8 Å². The van der Waals surface area contributed by atoms with Crippen molar-refractivity contribution in [2.75, 3.05) is 31.2 Å². The molecule has 1 fully saturated rings. The van der Waals surface area contributed by atoms with Gasteiger partial charge in [0.15, 0.2) is 11.5 Å². The van der Waals surface area contributed by atoms with E-state index in [2.05, 4.69) is 29.1 Å². The van der Waals surface area contributed by atoms with Gasteiger partial charge in [0, 0.05) is 42.4 Å². The first-order chi connectivity index (χ1) is 18.2. The van der Waals surface area contributed by atoms with Crippen LogP contribution in [0.1, 0.15) is 26.0 Å². The first-order valence-electron chi connectivity index (χ1n) is 12.6. The maximum absolute atomic E-state index is 13.0. The third-order valence-electron chi connectivity index (χ3n) is 6.11. The maximum Gasteiger partial charge on any atom is 0.272 e. The number of allylic oxidation sites excluding steroid dienone is 6. The summed E-state index contributed by atoms with van der Waals surface area (Å²) in [7, 11) is 0. The second-order valence-electron chi connectivity index (χ2n) is 8.66. The van der Waals surface area contributed by atoms with Crippen molar-refractivity contribution in [1.82, 2.24) is 24.4 Å². The van der Waals surface area contributed by atoms with Gasteiger partial charge in [0.05, 0.1) is 24.6 Å². The van der Waals surface area contributed by atoms with Crippen molar-refractivity contribution in [2.45, 2.75) is 20.3 Å². The zero-order chi connectivity index (χ0) is 25.6. The van der Waals surface area contributed by atoms with Crippen molar-refractivity contribution in [3.8, 4) is 17.1 Å². The number of morpholine rings is 1. The average Bonchev–Trinajstić information content (AvgIpc) is 3.37. The molecule has 8 nitrogen and oxygen atoms in total. The number of hydrogen-bond acceptors (Lipinski definition) is 6. The van der Waals surface area contributed by atoms with Crippen LogP contribution < -0.4 is 10.5 Å². The van der Waals surface area contributed by atoms with Crippen LogP contribution >= 0.6 is 0 Å². The molecule has 4 heterocycles. The number of ether oxygens (including phenoxy) is 1. The number of hydrogen-bond donors (Lipinski definition) is 0. The lowest BCUT2D eigenvalue weighted by atomic mass is 10.1. The van der Waals surface area contributed by atoms with Gasteiger partial charge in [0.2, 0.25) is 0 Å². The maximum atomic E-state index is 13.0. The SMILES string of the molecule is C\C=C/C(=C\C=C\CC)c1cc2nc(-n3nc(-c4ccccc4)ccc3=O)cc(N3CCOCC3)n2n1. The van der Waals surface area contributed by atoms with E-state index in [9.17, 15) is 4.79 Å². The van der Waals surface area contributed by atoms with Crippen molar-refractivity contribution in [2.24, 2.45) is 0 Å². The number of aromatic nitrogens is 5.